The van der Waals surface area contributed by atoms with Gasteiger partial charge in [0.25, 0.3) is 0 Å². The third-order valence-electron chi connectivity index (χ3n) is 0. The normalized spacial score (nSPS) is 4.86. The van der Waals surface area contributed by atoms with E-state index >= 15 is 0 Å². The first kappa shape index (κ1) is 23.2. The van der Waals surface area contributed by atoms with Crippen molar-refractivity contribution in [2.75, 3.05) is 0 Å². The Bertz CT molecular complexity index is 70.2. The van der Waals surface area contributed by atoms with Crippen molar-refractivity contribution in [1.82, 2.24) is 0 Å². The molecule has 0 aliphatic heterocycles. The Balaban J connectivity index is -0.00000000450. The molecule has 0 spiro atoms. The third-order valence-corrected chi connectivity index (χ3v) is 0. The van der Waals surface area contributed by atoms with Gasteiger partial charge in [0.15, 0.2) is 0 Å². The maximum atomic E-state index is 8.56. The van der Waals surface area contributed by atoms with Crippen LogP contribution >= 0.6 is 0 Å². The van der Waals surface area contributed by atoms with E-state index < -0.39 is 11.0 Å². The molecule has 3 nitrogen and oxygen atoms in total. The minimum atomic E-state index is -2.86. The predicted molar refractivity (Wildman–Crippen MR) is 19.3 cm³/mol. The van der Waals surface area contributed by atoms with Gasteiger partial charge in [-0.1, -0.05) is 0 Å². The fourth-order valence-electron chi connectivity index (χ4n) is 0. The summed E-state index contributed by atoms with van der Waals surface area (Å²) in [7, 11) is -2.86. The van der Waals surface area contributed by atoms with E-state index in [-0.39, 0.29) is 63.5 Å². The van der Waals surface area contributed by atoms with Crippen LogP contribution in [-0.2, 0) is 57.0 Å². The molecule has 1 N–H and O–H groups in total. The summed E-state index contributed by atoms with van der Waals surface area (Å²) in [6.07, 6.45) is 0. The molecular formula is H3MgMoNiO3S-. The molecule has 7 heavy (non-hydrogen) atoms. The second kappa shape index (κ2) is 15.7. The fourth-order valence-corrected chi connectivity index (χ4v) is 0. The number of hydrogen-bond donors (Lipinski definition) is 1. The maximum absolute atomic E-state index is 8.56. The van der Waals surface area contributed by atoms with Crippen LogP contribution < -0.4 is 0 Å². The summed E-state index contributed by atoms with van der Waals surface area (Å²) in [5.74, 6) is 0. The molecule has 0 amide bonds. The zero-order valence-corrected chi connectivity index (χ0v) is 8.33. The zero-order valence-electron chi connectivity index (χ0n) is 5.10. The monoisotopic (exact) mass is 263 g/mol. The van der Waals surface area contributed by atoms with Gasteiger partial charge in [-0.15, -0.1) is 0 Å². The van der Waals surface area contributed by atoms with Gasteiger partial charge >= 0.3 is 23.1 Å². The Hall–Kier alpha value is 1.86. The van der Waals surface area contributed by atoms with Crippen LogP contribution in [0.5, 0.6) is 0 Å². The molecule has 0 bridgehead atoms. The Labute approximate surface area is 86.7 Å². The summed E-state index contributed by atoms with van der Waals surface area (Å²) in [5.41, 5.74) is 0. The summed E-state index contributed by atoms with van der Waals surface area (Å²) in [4.78, 5) is 0. The van der Waals surface area contributed by atoms with E-state index in [1.807, 2.05) is 0 Å². The minimum Gasteiger partial charge on any atom is -1.00 e. The van der Waals surface area contributed by atoms with Crippen LogP contribution in [0.1, 0.15) is 2.85 Å². The standard InChI is InChI=1S/Mg.Mo.Ni.HO3S.2H/c;;;1-4(2)3;;/h;;;(H,1,2,3);;/q+2;;;3*-1. The molecule has 0 unspecified atom stereocenters. The third kappa shape index (κ3) is 78.1. The van der Waals surface area contributed by atoms with E-state index in [1.54, 1.807) is 0 Å². The van der Waals surface area contributed by atoms with Crippen molar-refractivity contribution < 1.29 is 53.4 Å². The van der Waals surface area contributed by atoms with Gasteiger partial charge in [-0.3, -0.25) is 0 Å². The topological polar surface area (TPSA) is 54.4 Å². The van der Waals surface area contributed by atoms with Gasteiger partial charge in [-0.05, 0) is 0 Å². The Morgan fingerprint density at radius 3 is 1.43 bits per heavy atom. The van der Waals surface area contributed by atoms with E-state index in [9.17, 15) is 0 Å². The molecule has 0 aromatic rings. The fraction of sp³-hybridized carbons (Fsp3) is 0. The maximum Gasteiger partial charge on any atom is 2.00 e. The molecule has 0 heterocycles. The molecule has 0 aromatic carbocycles. The van der Waals surface area contributed by atoms with Gasteiger partial charge in [-0.25, -0.2) is 0 Å². The molecule has 0 atom stereocenters. The van der Waals surface area contributed by atoms with Crippen molar-refractivity contribution >= 4 is 34.0 Å². The summed E-state index contributed by atoms with van der Waals surface area (Å²) in [5, 5.41) is 0. The smallest absolute Gasteiger partial charge is 1.00 e. The van der Waals surface area contributed by atoms with Gasteiger partial charge in [0.2, 0.25) is 0 Å². The summed E-state index contributed by atoms with van der Waals surface area (Å²) >= 11 is 0. The van der Waals surface area contributed by atoms with Crippen molar-refractivity contribution in [3.63, 3.8) is 0 Å². The van der Waals surface area contributed by atoms with Crippen LogP contribution in [0, 0.1) is 0 Å². The van der Waals surface area contributed by atoms with Gasteiger partial charge in [0.05, 0.1) is 0 Å². The van der Waals surface area contributed by atoms with E-state index in [2.05, 4.69) is 0 Å². The van der Waals surface area contributed by atoms with Gasteiger partial charge < -0.3 is 15.8 Å². The molecule has 0 aliphatic carbocycles. The van der Waals surface area contributed by atoms with Crippen molar-refractivity contribution in [3.05, 3.63) is 0 Å². The Kier molecular flexibility index (Phi) is 51.8. The molecule has 0 aromatic heterocycles. The van der Waals surface area contributed by atoms with Crippen LogP contribution in [0.3, 0.4) is 0 Å². The van der Waals surface area contributed by atoms with E-state index in [1.165, 1.54) is 0 Å². The van der Waals surface area contributed by atoms with E-state index in [0.29, 0.717) is 0 Å². The largest absolute Gasteiger partial charge is 2.00 e. The number of rotatable bonds is 0. The minimum absolute atomic E-state index is 0. The average Bonchev–Trinajstić information content (AvgIpc) is 0.811. The van der Waals surface area contributed by atoms with Crippen molar-refractivity contribution in [2.45, 2.75) is 0 Å². The SMILES string of the molecule is O=[S-](=O)O.[H-].[H-].[Mg+2].[Mo].[Ni]. The van der Waals surface area contributed by atoms with E-state index in [4.69, 9.17) is 13.0 Å². The molecule has 0 radical (unpaired) electrons. The van der Waals surface area contributed by atoms with Crippen LogP contribution in [0.25, 0.3) is 0 Å². The Morgan fingerprint density at radius 1 is 1.43 bits per heavy atom. The summed E-state index contributed by atoms with van der Waals surface area (Å²) < 4.78 is 24.1. The number of hydrogen-bond acceptors (Lipinski definition) is 3. The molecule has 0 saturated carbocycles. The van der Waals surface area contributed by atoms with Crippen LogP contribution in [-0.4, -0.2) is 27.6 Å². The van der Waals surface area contributed by atoms with Crippen molar-refractivity contribution in [1.29, 1.82) is 0 Å². The van der Waals surface area contributed by atoms with Crippen molar-refractivity contribution in [2.24, 2.45) is 0 Å². The second-order valence-electron chi connectivity index (χ2n) is 0.217. The van der Waals surface area contributed by atoms with Gasteiger partial charge in [-0.2, -0.15) is 0 Å². The zero-order chi connectivity index (χ0) is 3.58. The molecule has 46 valence electrons. The predicted octanol–water partition coefficient (Wildman–Crippen LogP) is -0.392. The first-order chi connectivity index (χ1) is 1.73. The molecule has 0 saturated heterocycles. The molecule has 0 rings (SSSR count). The molecule has 7 heteroatoms. The average molecular weight is 262 g/mol. The van der Waals surface area contributed by atoms with Gasteiger partial charge in [0.1, 0.15) is 0 Å². The van der Waals surface area contributed by atoms with Crippen molar-refractivity contribution in [3.8, 4) is 0 Å². The molecular weight excluding hydrogens is 259 g/mol. The van der Waals surface area contributed by atoms with Crippen LogP contribution in [0.4, 0.5) is 0 Å². The first-order valence-corrected chi connectivity index (χ1v) is 1.55. The van der Waals surface area contributed by atoms with Crippen LogP contribution in [0.2, 0.25) is 0 Å². The van der Waals surface area contributed by atoms with E-state index in [0.717, 1.165) is 0 Å². The first-order valence-electron chi connectivity index (χ1n) is 0.516. The van der Waals surface area contributed by atoms with Gasteiger partial charge in [0, 0.05) is 48.5 Å². The Morgan fingerprint density at radius 2 is 1.43 bits per heavy atom. The molecule has 0 aliphatic rings. The quantitative estimate of drug-likeness (QED) is 0.280. The summed E-state index contributed by atoms with van der Waals surface area (Å²) in [6.45, 7) is 0. The van der Waals surface area contributed by atoms with Crippen LogP contribution in [0.15, 0.2) is 0 Å². The second-order valence-corrected chi connectivity index (χ2v) is 0.651. The summed E-state index contributed by atoms with van der Waals surface area (Å²) in [6, 6.07) is 0. The molecule has 0 fully saturated rings.